The summed E-state index contributed by atoms with van der Waals surface area (Å²) in [7, 11) is 0. The lowest BCUT2D eigenvalue weighted by Crippen LogP contribution is -2.24. The van der Waals surface area contributed by atoms with Crippen LogP contribution in [0.5, 0.6) is 0 Å². The number of aromatic nitrogens is 2. The highest BCUT2D eigenvalue weighted by molar-refractivity contribution is 7.99. The highest BCUT2D eigenvalue weighted by atomic mass is 32.2. The Kier molecular flexibility index (Phi) is 4.80. The first kappa shape index (κ1) is 17.5. The summed E-state index contributed by atoms with van der Waals surface area (Å²) >= 11 is 3.36. The van der Waals surface area contributed by atoms with Gasteiger partial charge in [-0.2, -0.15) is 0 Å². The van der Waals surface area contributed by atoms with Gasteiger partial charge in [-0.25, -0.2) is 4.98 Å². The first-order valence-corrected chi connectivity index (χ1v) is 11.5. The van der Waals surface area contributed by atoms with Crippen LogP contribution in [0.25, 0.3) is 15.9 Å². The second-order valence-electron chi connectivity index (χ2n) is 7.21. The summed E-state index contributed by atoms with van der Waals surface area (Å²) in [5.41, 5.74) is 2.21. The third-order valence-corrected chi connectivity index (χ3v) is 7.65. The van der Waals surface area contributed by atoms with E-state index in [1.54, 1.807) is 27.7 Å². The van der Waals surface area contributed by atoms with Crippen molar-refractivity contribution in [3.63, 3.8) is 0 Å². The Morgan fingerprint density at radius 3 is 2.89 bits per heavy atom. The molecule has 1 saturated heterocycles. The molecule has 0 saturated carbocycles. The molecule has 1 aromatic carbocycles. The van der Waals surface area contributed by atoms with E-state index < -0.39 is 0 Å². The molecule has 0 spiro atoms. The van der Waals surface area contributed by atoms with Crippen molar-refractivity contribution in [2.45, 2.75) is 49.8 Å². The molecule has 0 bridgehead atoms. The second-order valence-corrected chi connectivity index (χ2v) is 9.28. The number of thiophene rings is 1. The average molecular weight is 399 g/mol. The maximum Gasteiger partial charge on any atom is 0.267 e. The minimum Gasteiger partial charge on any atom is -0.377 e. The molecular weight excluding hydrogens is 376 g/mol. The Morgan fingerprint density at radius 1 is 1.19 bits per heavy atom. The number of hydrogen-bond donors (Lipinski definition) is 0. The van der Waals surface area contributed by atoms with Gasteiger partial charge in [0.2, 0.25) is 0 Å². The largest absolute Gasteiger partial charge is 0.377 e. The lowest BCUT2D eigenvalue weighted by Gasteiger charge is -2.22. The van der Waals surface area contributed by atoms with Gasteiger partial charge in [0, 0.05) is 17.2 Å². The fraction of sp³-hybridized carbons (Fsp3) is 0.429. The molecule has 2 aromatic heterocycles. The van der Waals surface area contributed by atoms with Crippen molar-refractivity contribution in [1.82, 2.24) is 9.55 Å². The van der Waals surface area contributed by atoms with Gasteiger partial charge in [-0.15, -0.1) is 11.3 Å². The predicted molar refractivity (Wildman–Crippen MR) is 112 cm³/mol. The maximum absolute atomic E-state index is 13.5. The molecule has 3 heterocycles. The van der Waals surface area contributed by atoms with Gasteiger partial charge in [0.15, 0.2) is 5.16 Å². The van der Waals surface area contributed by atoms with Crippen molar-refractivity contribution in [3.05, 3.63) is 51.1 Å². The van der Waals surface area contributed by atoms with E-state index in [4.69, 9.17) is 9.72 Å². The summed E-state index contributed by atoms with van der Waals surface area (Å²) in [6, 6.07) is 9.91. The molecule has 0 amide bonds. The number of aryl methyl sites for hydroxylation is 2. The lowest BCUT2D eigenvalue weighted by molar-refractivity contribution is 0.0315. The molecule has 2 aliphatic rings. The van der Waals surface area contributed by atoms with E-state index in [0.29, 0.717) is 0 Å². The Bertz CT molecular complexity index is 1020. The average Bonchev–Trinajstić information content (AvgIpc) is 3.28. The van der Waals surface area contributed by atoms with Crippen molar-refractivity contribution in [2.75, 3.05) is 12.4 Å². The molecule has 27 heavy (non-hydrogen) atoms. The van der Waals surface area contributed by atoms with E-state index in [2.05, 4.69) is 0 Å². The van der Waals surface area contributed by atoms with Crippen molar-refractivity contribution >= 4 is 33.3 Å². The maximum atomic E-state index is 13.5. The van der Waals surface area contributed by atoms with Crippen LogP contribution >= 0.6 is 23.1 Å². The molecule has 6 heteroatoms. The van der Waals surface area contributed by atoms with Crippen molar-refractivity contribution in [2.24, 2.45) is 0 Å². The molecule has 5 rings (SSSR count). The van der Waals surface area contributed by atoms with Crippen LogP contribution in [0.1, 0.15) is 36.1 Å². The Morgan fingerprint density at radius 2 is 2.07 bits per heavy atom. The van der Waals surface area contributed by atoms with Gasteiger partial charge in [-0.05, 0) is 56.2 Å². The lowest BCUT2D eigenvalue weighted by atomic mass is 10.1. The highest BCUT2D eigenvalue weighted by Crippen LogP contribution is 2.36. The molecule has 140 valence electrons. The van der Waals surface area contributed by atoms with Gasteiger partial charge < -0.3 is 4.74 Å². The van der Waals surface area contributed by atoms with Crippen LogP contribution in [0, 0.1) is 0 Å². The van der Waals surface area contributed by atoms with E-state index in [1.165, 1.54) is 16.9 Å². The van der Waals surface area contributed by atoms with E-state index in [0.717, 1.165) is 65.5 Å². The molecule has 1 aliphatic heterocycles. The van der Waals surface area contributed by atoms with Crippen LogP contribution in [0.4, 0.5) is 0 Å². The summed E-state index contributed by atoms with van der Waals surface area (Å²) in [6.45, 7) is 0.848. The molecule has 1 unspecified atom stereocenters. The quantitative estimate of drug-likeness (QED) is 0.476. The zero-order valence-electron chi connectivity index (χ0n) is 15.1. The van der Waals surface area contributed by atoms with Crippen LogP contribution < -0.4 is 5.56 Å². The summed E-state index contributed by atoms with van der Waals surface area (Å²) in [5.74, 6) is 0.843. The monoisotopic (exact) mass is 398 g/mol. The molecule has 1 aliphatic carbocycles. The van der Waals surface area contributed by atoms with Gasteiger partial charge in [0.1, 0.15) is 4.83 Å². The Hall–Kier alpha value is -1.63. The third kappa shape index (κ3) is 3.24. The first-order chi connectivity index (χ1) is 13.3. The fourth-order valence-corrected chi connectivity index (χ4v) is 6.41. The van der Waals surface area contributed by atoms with Gasteiger partial charge in [0.25, 0.3) is 5.56 Å². The van der Waals surface area contributed by atoms with E-state index in [1.807, 2.05) is 30.3 Å². The number of nitrogens with zero attached hydrogens (tertiary/aromatic N) is 2. The van der Waals surface area contributed by atoms with Gasteiger partial charge in [0.05, 0.1) is 17.2 Å². The van der Waals surface area contributed by atoms with Crippen molar-refractivity contribution in [3.8, 4) is 5.69 Å². The predicted octanol–water partition coefficient (Wildman–Crippen LogP) is 4.60. The molecule has 4 nitrogen and oxygen atoms in total. The van der Waals surface area contributed by atoms with Crippen LogP contribution in [0.15, 0.2) is 40.3 Å². The number of thioether (sulfide) groups is 1. The molecule has 0 radical (unpaired) electrons. The third-order valence-electron chi connectivity index (χ3n) is 5.39. The highest BCUT2D eigenvalue weighted by Gasteiger charge is 2.24. The summed E-state index contributed by atoms with van der Waals surface area (Å²) in [6.07, 6.45) is 6.97. The van der Waals surface area contributed by atoms with E-state index in [9.17, 15) is 4.79 Å². The Balaban J connectivity index is 1.61. The van der Waals surface area contributed by atoms with Crippen LogP contribution in [0.2, 0.25) is 0 Å². The molecule has 0 N–H and O–H groups in total. The zero-order chi connectivity index (χ0) is 18.2. The van der Waals surface area contributed by atoms with Gasteiger partial charge >= 0.3 is 0 Å². The molecule has 1 atom stereocenters. The zero-order valence-corrected chi connectivity index (χ0v) is 16.8. The number of fused-ring (bicyclic) bond motifs is 3. The van der Waals surface area contributed by atoms with Gasteiger partial charge in [-0.3, -0.25) is 9.36 Å². The summed E-state index contributed by atoms with van der Waals surface area (Å²) in [4.78, 5) is 20.7. The smallest absolute Gasteiger partial charge is 0.267 e. The number of benzene rings is 1. The van der Waals surface area contributed by atoms with Crippen molar-refractivity contribution < 1.29 is 4.74 Å². The van der Waals surface area contributed by atoms with Crippen LogP contribution in [-0.4, -0.2) is 28.0 Å². The van der Waals surface area contributed by atoms with Crippen LogP contribution in [0.3, 0.4) is 0 Å². The topological polar surface area (TPSA) is 44.1 Å². The van der Waals surface area contributed by atoms with Gasteiger partial charge in [-0.1, -0.05) is 30.0 Å². The van der Waals surface area contributed by atoms with Crippen LogP contribution in [-0.2, 0) is 17.6 Å². The van der Waals surface area contributed by atoms with Crippen molar-refractivity contribution in [1.29, 1.82) is 0 Å². The molecule has 1 fully saturated rings. The molecule has 3 aromatic rings. The number of rotatable bonds is 4. The SMILES string of the molecule is O=c1c2c3c(sc2nc(SCC2CCCCO2)n1-c1ccccc1)CCC3. The number of para-hydroxylation sites is 1. The molecular formula is C21H22N2O2S2. The number of hydrogen-bond acceptors (Lipinski definition) is 5. The minimum absolute atomic E-state index is 0.0812. The summed E-state index contributed by atoms with van der Waals surface area (Å²) in [5, 5.41) is 1.63. The standard InChI is InChI=1S/C21H22N2O2S2/c24-20-18-16-10-6-11-17(16)27-19(18)22-21(23(20)14-7-2-1-3-8-14)26-13-15-9-4-5-12-25-15/h1-3,7-8,15H,4-6,9-13H2. The van der Waals surface area contributed by atoms with E-state index >= 15 is 0 Å². The fourth-order valence-electron chi connectivity index (χ4n) is 4.03. The normalized spacial score (nSPS) is 19.5. The minimum atomic E-state index is 0.0812. The van der Waals surface area contributed by atoms with E-state index in [-0.39, 0.29) is 11.7 Å². The second kappa shape index (κ2) is 7.41. The Labute approximate surface area is 166 Å². The number of ether oxygens (including phenoxy) is 1. The first-order valence-electron chi connectivity index (χ1n) is 9.68. The summed E-state index contributed by atoms with van der Waals surface area (Å²) < 4.78 is 7.69.